The molecule has 0 radical (unpaired) electrons. The number of hydrogen-bond acceptors (Lipinski definition) is 4. The molecule has 170 valence electrons. The van der Waals surface area contributed by atoms with Crippen molar-refractivity contribution >= 4 is 34.6 Å². The van der Waals surface area contributed by atoms with E-state index >= 15 is 0 Å². The number of Topliss-reactive ketones (excluding diaryl/α,β-unsaturated/α-hetero) is 1. The number of carbonyl (C=O) groups is 2. The van der Waals surface area contributed by atoms with Gasteiger partial charge in [-0.05, 0) is 35.9 Å². The second-order valence-corrected chi connectivity index (χ2v) is 8.30. The Hall–Kier alpha value is -4.55. The SMILES string of the molecule is CN(C)c1ccc2c(-c3ccc(C(=O)O)cc3C(=O)C=[N+]=[N-])c3ccc(=[N+](C)C)cc-3oc2c1. The fourth-order valence-corrected chi connectivity index (χ4v) is 3.94. The number of hydrogen-bond donors (Lipinski definition) is 1. The Morgan fingerprint density at radius 2 is 1.76 bits per heavy atom. The quantitative estimate of drug-likeness (QED) is 0.124. The molecule has 1 aliphatic heterocycles. The minimum Gasteiger partial charge on any atom is -0.478 e. The monoisotopic (exact) mass is 455 g/mol. The molecule has 1 aliphatic carbocycles. The molecule has 0 saturated carbocycles. The van der Waals surface area contributed by atoms with E-state index < -0.39 is 11.8 Å². The lowest BCUT2D eigenvalue weighted by Gasteiger charge is -2.19. The first kappa shape index (κ1) is 22.6. The summed E-state index contributed by atoms with van der Waals surface area (Å²) in [5.74, 6) is -1.16. The molecule has 4 rings (SSSR count). The number of anilines is 1. The summed E-state index contributed by atoms with van der Waals surface area (Å²) in [5, 5.41) is 11.2. The zero-order valence-electron chi connectivity index (χ0n) is 19.2. The molecular weight excluding hydrogens is 432 g/mol. The summed E-state index contributed by atoms with van der Waals surface area (Å²) in [6.07, 6.45) is 0.760. The smallest absolute Gasteiger partial charge is 0.335 e. The number of nitrogens with zero attached hydrogens (tertiary/aromatic N) is 4. The van der Waals surface area contributed by atoms with Crippen molar-refractivity contribution in [3.63, 3.8) is 0 Å². The maximum absolute atomic E-state index is 12.8. The summed E-state index contributed by atoms with van der Waals surface area (Å²) in [5.41, 5.74) is 12.6. The zero-order valence-corrected chi connectivity index (χ0v) is 19.2. The maximum atomic E-state index is 12.8. The van der Waals surface area contributed by atoms with Crippen LogP contribution in [0, 0.1) is 0 Å². The lowest BCUT2D eigenvalue weighted by atomic mass is 9.88. The number of benzene rings is 3. The molecule has 34 heavy (non-hydrogen) atoms. The Bertz CT molecular complexity index is 1560. The van der Waals surface area contributed by atoms with Crippen LogP contribution in [0.2, 0.25) is 0 Å². The van der Waals surface area contributed by atoms with Crippen LogP contribution in [0.3, 0.4) is 0 Å². The minimum absolute atomic E-state index is 0.0440. The number of rotatable bonds is 5. The van der Waals surface area contributed by atoms with E-state index in [1.165, 1.54) is 12.1 Å². The molecule has 0 unspecified atom stereocenters. The van der Waals surface area contributed by atoms with Crippen molar-refractivity contribution in [3.05, 3.63) is 76.6 Å². The Labute approximate surface area is 195 Å². The van der Waals surface area contributed by atoms with Crippen molar-refractivity contribution < 1.29 is 23.9 Å². The van der Waals surface area contributed by atoms with Crippen molar-refractivity contribution in [2.45, 2.75) is 0 Å². The molecule has 0 amide bonds. The lowest BCUT2D eigenvalue weighted by molar-refractivity contribution is 0.00234. The second kappa shape index (κ2) is 8.77. The standard InChI is InChI=1S/C26H22N4O4/c1-29(2)16-6-9-19-23(12-16)34-24-13-17(30(3)4)7-10-20(24)25(19)18-8-5-15(26(32)33)11-21(18)22(31)14-28-27/h5-14H,1-4H3/p+1. The van der Waals surface area contributed by atoms with Gasteiger partial charge in [-0.3, -0.25) is 4.79 Å². The molecule has 0 spiro atoms. The van der Waals surface area contributed by atoms with E-state index in [2.05, 4.69) is 4.79 Å². The van der Waals surface area contributed by atoms with Crippen molar-refractivity contribution in [1.82, 2.24) is 4.58 Å². The zero-order chi connectivity index (χ0) is 24.6. The fraction of sp³-hybridized carbons (Fsp3) is 0.154. The predicted octanol–water partition coefficient (Wildman–Crippen LogP) is 3.48. The molecule has 8 heteroatoms. The summed E-state index contributed by atoms with van der Waals surface area (Å²) < 4.78 is 8.26. The molecular formula is C26H23N4O4+. The van der Waals surface area contributed by atoms with Crippen LogP contribution >= 0.6 is 0 Å². The molecule has 2 aromatic carbocycles. The third-order valence-electron chi connectivity index (χ3n) is 5.70. The van der Waals surface area contributed by atoms with Gasteiger partial charge in [-0.2, -0.15) is 4.79 Å². The molecule has 2 aliphatic rings. The van der Waals surface area contributed by atoms with E-state index in [-0.39, 0.29) is 11.1 Å². The third kappa shape index (κ3) is 3.98. The number of ketones is 1. The van der Waals surface area contributed by atoms with E-state index in [0.717, 1.165) is 33.8 Å². The Morgan fingerprint density at radius 3 is 2.41 bits per heavy atom. The molecule has 0 atom stereocenters. The van der Waals surface area contributed by atoms with Gasteiger partial charge >= 0.3 is 12.2 Å². The molecule has 0 aromatic heterocycles. The van der Waals surface area contributed by atoms with Gasteiger partial charge in [0.25, 0.3) is 5.78 Å². The van der Waals surface area contributed by atoms with Gasteiger partial charge in [0.15, 0.2) is 0 Å². The van der Waals surface area contributed by atoms with Crippen LogP contribution in [0.5, 0.6) is 0 Å². The van der Waals surface area contributed by atoms with Gasteiger partial charge in [0, 0.05) is 54.0 Å². The topological polar surface area (TPSA) is 110 Å². The number of aromatic carboxylic acids is 1. The van der Waals surface area contributed by atoms with E-state index in [9.17, 15) is 14.7 Å². The van der Waals surface area contributed by atoms with Crippen molar-refractivity contribution in [3.8, 4) is 22.5 Å². The molecule has 0 saturated heterocycles. The third-order valence-corrected chi connectivity index (χ3v) is 5.70. The number of fused-ring (bicyclic) bond motifs is 2. The minimum atomic E-state index is -1.16. The van der Waals surface area contributed by atoms with Crippen LogP contribution in [0.4, 0.5) is 5.69 Å². The van der Waals surface area contributed by atoms with E-state index in [1.807, 2.05) is 74.1 Å². The van der Waals surface area contributed by atoms with Crippen LogP contribution in [0.25, 0.3) is 39.0 Å². The summed E-state index contributed by atoms with van der Waals surface area (Å²) in [6.45, 7) is 0. The second-order valence-electron chi connectivity index (χ2n) is 8.30. The fourth-order valence-electron chi connectivity index (χ4n) is 3.94. The number of carboxylic acid groups (broad SMARTS) is 1. The average Bonchev–Trinajstić information content (AvgIpc) is 2.81. The highest BCUT2D eigenvalue weighted by Crippen LogP contribution is 2.42. The molecule has 0 fully saturated rings. The predicted molar refractivity (Wildman–Crippen MR) is 131 cm³/mol. The van der Waals surface area contributed by atoms with E-state index in [4.69, 9.17) is 9.95 Å². The summed E-state index contributed by atoms with van der Waals surface area (Å²) >= 11 is 0. The first-order chi connectivity index (χ1) is 16.2. The highest BCUT2D eigenvalue weighted by atomic mass is 16.4. The first-order valence-electron chi connectivity index (χ1n) is 10.5. The van der Waals surface area contributed by atoms with Crippen LogP contribution in [-0.2, 0) is 0 Å². The van der Waals surface area contributed by atoms with Crippen molar-refractivity contribution in [2.24, 2.45) is 0 Å². The molecule has 1 N–H and O–H groups in total. The normalized spacial score (nSPS) is 10.7. The van der Waals surface area contributed by atoms with Crippen LogP contribution in [0.15, 0.2) is 59.0 Å². The number of carboxylic acids is 1. The van der Waals surface area contributed by atoms with Gasteiger partial charge in [0.2, 0.25) is 5.36 Å². The highest BCUT2D eigenvalue weighted by Gasteiger charge is 2.24. The Balaban J connectivity index is 2.18. The highest BCUT2D eigenvalue weighted by molar-refractivity contribution is 6.35. The van der Waals surface area contributed by atoms with E-state index in [1.54, 1.807) is 6.07 Å². The average molecular weight is 455 g/mol. The van der Waals surface area contributed by atoms with Crippen LogP contribution < -0.4 is 14.8 Å². The summed E-state index contributed by atoms with van der Waals surface area (Å²) in [4.78, 5) is 29.2. The Morgan fingerprint density at radius 1 is 1.03 bits per heavy atom. The van der Waals surface area contributed by atoms with Crippen LogP contribution in [-0.4, -0.2) is 56.1 Å². The van der Waals surface area contributed by atoms with Crippen LogP contribution in [0.1, 0.15) is 20.7 Å². The van der Waals surface area contributed by atoms with Gasteiger partial charge in [-0.25, -0.2) is 9.37 Å². The summed E-state index contributed by atoms with van der Waals surface area (Å²) in [6, 6.07) is 15.9. The van der Waals surface area contributed by atoms with Crippen molar-refractivity contribution in [2.75, 3.05) is 33.1 Å². The molecule has 1 heterocycles. The van der Waals surface area contributed by atoms with Gasteiger partial charge in [0.05, 0.1) is 11.6 Å². The van der Waals surface area contributed by atoms with Crippen molar-refractivity contribution in [1.29, 1.82) is 0 Å². The first-order valence-corrected chi connectivity index (χ1v) is 10.5. The van der Waals surface area contributed by atoms with Gasteiger partial charge in [0.1, 0.15) is 25.4 Å². The van der Waals surface area contributed by atoms with Gasteiger partial charge < -0.3 is 20.0 Å². The molecule has 8 nitrogen and oxygen atoms in total. The molecule has 2 aromatic rings. The number of carbonyl (C=O) groups excluding carboxylic acids is 1. The largest absolute Gasteiger partial charge is 0.478 e. The molecule has 0 bridgehead atoms. The van der Waals surface area contributed by atoms with Gasteiger partial charge in [-0.15, -0.1) is 0 Å². The summed E-state index contributed by atoms with van der Waals surface area (Å²) in [7, 11) is 7.73. The maximum Gasteiger partial charge on any atom is 0.335 e. The van der Waals surface area contributed by atoms with Gasteiger partial charge in [-0.1, -0.05) is 6.07 Å². The Kier molecular flexibility index (Phi) is 5.84. The lowest BCUT2D eigenvalue weighted by Crippen LogP contribution is -2.21. The van der Waals surface area contributed by atoms with E-state index in [0.29, 0.717) is 16.9 Å².